The normalized spacial score (nSPS) is 12.1. The Morgan fingerprint density at radius 1 is 1.07 bits per heavy atom. The number of alkyl halides is 2. The van der Waals surface area contributed by atoms with Crippen LogP contribution < -0.4 is 15.4 Å². The molecule has 0 saturated carbocycles. The summed E-state index contributed by atoms with van der Waals surface area (Å²) in [5.41, 5.74) is 1.61. The minimum absolute atomic E-state index is 0.136. The molecule has 0 aliphatic carbocycles. The van der Waals surface area contributed by atoms with E-state index in [2.05, 4.69) is 10.6 Å². The maximum atomic E-state index is 11.4. The number of hydrogen-bond acceptors (Lipinski definition) is 4. The first-order valence-electron chi connectivity index (χ1n) is 8.49. The van der Waals surface area contributed by atoms with E-state index in [-0.39, 0.29) is 6.61 Å². The fourth-order valence-electron chi connectivity index (χ4n) is 2.28. The number of aliphatic hydroxyl groups is 1. The van der Waals surface area contributed by atoms with Crippen LogP contribution in [-0.4, -0.2) is 41.7 Å². The highest BCUT2D eigenvalue weighted by atomic mass is 35.5. The van der Waals surface area contributed by atoms with Gasteiger partial charge in [-0.15, -0.1) is 0 Å². The second-order valence-electron chi connectivity index (χ2n) is 5.98. The summed E-state index contributed by atoms with van der Waals surface area (Å²) < 4.78 is 5.53. The fraction of sp³-hybridized carbons (Fsp3) is 0.316. The summed E-state index contributed by atoms with van der Waals surface area (Å²) in [5.74, 6) is 0.0699. The van der Waals surface area contributed by atoms with Crippen LogP contribution in [0.5, 0.6) is 5.75 Å². The summed E-state index contributed by atoms with van der Waals surface area (Å²) in [6, 6.07) is 12.2. The molecule has 1 atom stereocenters. The number of carbonyl (C=O) groups is 1. The Morgan fingerprint density at radius 2 is 1.79 bits per heavy atom. The van der Waals surface area contributed by atoms with Crippen molar-refractivity contribution >= 4 is 58.0 Å². The minimum atomic E-state index is -1.13. The number of aliphatic hydroxyl groups excluding tert-OH is 1. The monoisotopic (exact) mass is 464 g/mol. The zero-order chi connectivity index (χ0) is 20.5. The van der Waals surface area contributed by atoms with Crippen molar-refractivity contribution in [1.82, 2.24) is 5.32 Å². The molecule has 0 unspecified atom stereocenters. The maximum Gasteiger partial charge on any atom is 0.257 e. The second kappa shape index (κ2) is 11.7. The van der Waals surface area contributed by atoms with E-state index >= 15 is 0 Å². The van der Waals surface area contributed by atoms with Crippen LogP contribution in [0.4, 0.5) is 5.69 Å². The molecule has 0 bridgehead atoms. The molecule has 0 saturated heterocycles. The van der Waals surface area contributed by atoms with Crippen molar-refractivity contribution in [2.75, 3.05) is 25.0 Å². The summed E-state index contributed by atoms with van der Waals surface area (Å²) in [6.45, 7) is 1.21. The first-order chi connectivity index (χ1) is 13.3. The Hall–Kier alpha value is -1.21. The lowest BCUT2D eigenvalue weighted by atomic mass is 10.1. The highest BCUT2D eigenvalue weighted by molar-refractivity contribution is 6.54. The lowest BCUT2D eigenvalue weighted by Crippen LogP contribution is -2.32. The summed E-state index contributed by atoms with van der Waals surface area (Å²) in [4.78, 5) is 10.3. The number of hydrogen-bond donors (Lipinski definition) is 3. The average Bonchev–Trinajstić information content (AvgIpc) is 2.67. The molecule has 2 rings (SSSR count). The largest absolute Gasteiger partial charge is 0.491 e. The topological polar surface area (TPSA) is 70.6 Å². The van der Waals surface area contributed by atoms with Gasteiger partial charge in [-0.05, 0) is 54.9 Å². The molecule has 28 heavy (non-hydrogen) atoms. The van der Waals surface area contributed by atoms with Gasteiger partial charge < -0.3 is 20.5 Å². The van der Waals surface area contributed by atoms with Crippen LogP contribution in [0.15, 0.2) is 42.5 Å². The number of rotatable bonds is 10. The number of carbonyl (C=O) groups excluding carboxylic acids is 1. The summed E-state index contributed by atoms with van der Waals surface area (Å²) >= 11 is 22.8. The number of halogens is 4. The average molecular weight is 466 g/mol. The van der Waals surface area contributed by atoms with E-state index in [0.717, 1.165) is 12.0 Å². The van der Waals surface area contributed by atoms with Crippen molar-refractivity contribution < 1.29 is 14.6 Å². The molecule has 0 heterocycles. The summed E-state index contributed by atoms with van der Waals surface area (Å²) in [7, 11) is 0. The van der Waals surface area contributed by atoms with E-state index in [9.17, 15) is 9.90 Å². The number of benzene rings is 2. The van der Waals surface area contributed by atoms with Gasteiger partial charge in [-0.25, -0.2) is 0 Å². The molecule has 3 N–H and O–H groups in total. The number of amides is 1. The van der Waals surface area contributed by atoms with Crippen molar-refractivity contribution in [2.45, 2.75) is 17.4 Å². The van der Waals surface area contributed by atoms with E-state index in [1.54, 1.807) is 30.3 Å². The van der Waals surface area contributed by atoms with Gasteiger partial charge in [0.15, 0.2) is 4.84 Å². The molecule has 0 aliphatic rings. The van der Waals surface area contributed by atoms with Crippen molar-refractivity contribution in [2.24, 2.45) is 0 Å². The molecule has 5 nitrogen and oxygen atoms in total. The van der Waals surface area contributed by atoms with Crippen molar-refractivity contribution in [3.05, 3.63) is 58.1 Å². The Balaban J connectivity index is 1.65. The Bertz CT molecular complexity index is 772. The first-order valence-corrected chi connectivity index (χ1v) is 10.1. The first kappa shape index (κ1) is 23.1. The van der Waals surface area contributed by atoms with Crippen LogP contribution in [0.25, 0.3) is 0 Å². The van der Waals surface area contributed by atoms with Gasteiger partial charge in [0.1, 0.15) is 18.5 Å². The lowest BCUT2D eigenvalue weighted by Gasteiger charge is -2.14. The summed E-state index contributed by atoms with van der Waals surface area (Å²) in [6.07, 6.45) is 0.102. The molecule has 0 radical (unpaired) electrons. The van der Waals surface area contributed by atoms with Crippen molar-refractivity contribution in [3.8, 4) is 5.75 Å². The molecule has 2 aromatic carbocycles. The van der Waals surface area contributed by atoms with Gasteiger partial charge in [0.05, 0.1) is 10.0 Å². The number of anilines is 1. The molecule has 2 aromatic rings. The highest BCUT2D eigenvalue weighted by Crippen LogP contribution is 2.22. The molecule has 0 aliphatic heterocycles. The van der Waals surface area contributed by atoms with E-state index in [0.29, 0.717) is 34.6 Å². The molecular formula is C19H20Cl4N2O3. The van der Waals surface area contributed by atoms with Gasteiger partial charge in [-0.2, -0.15) is 0 Å². The van der Waals surface area contributed by atoms with Crippen molar-refractivity contribution in [1.29, 1.82) is 0 Å². The van der Waals surface area contributed by atoms with Crippen LogP contribution >= 0.6 is 46.4 Å². The smallest absolute Gasteiger partial charge is 0.257 e. The molecule has 0 aromatic heterocycles. The molecule has 1 amide bonds. The highest BCUT2D eigenvalue weighted by Gasteiger charge is 2.11. The van der Waals surface area contributed by atoms with E-state index in [1.807, 2.05) is 12.1 Å². The van der Waals surface area contributed by atoms with E-state index in [1.165, 1.54) is 0 Å². The zero-order valence-corrected chi connectivity index (χ0v) is 17.8. The third kappa shape index (κ3) is 8.03. The van der Waals surface area contributed by atoms with Crippen LogP contribution in [0.3, 0.4) is 0 Å². The van der Waals surface area contributed by atoms with Gasteiger partial charge >= 0.3 is 0 Å². The zero-order valence-electron chi connectivity index (χ0n) is 14.8. The van der Waals surface area contributed by atoms with Crippen LogP contribution in [0, 0.1) is 0 Å². The standard InChI is InChI=1S/C19H20Cl4N2O3/c20-16-6-1-12(9-17(16)21)7-8-24-10-14(26)11-28-15-4-2-13(3-5-15)25-19(27)18(22)23/h1-6,9,14,18,24,26H,7-8,10-11H2,(H,25,27)/t14-/m0/s1. The Labute approximate surface area is 183 Å². The van der Waals surface area contributed by atoms with Gasteiger partial charge in [0.25, 0.3) is 5.91 Å². The predicted molar refractivity (Wildman–Crippen MR) is 115 cm³/mol. The van der Waals surface area contributed by atoms with Gasteiger partial charge in [-0.1, -0.05) is 52.5 Å². The van der Waals surface area contributed by atoms with Gasteiger partial charge in [0.2, 0.25) is 0 Å². The maximum absolute atomic E-state index is 11.4. The Morgan fingerprint density at radius 3 is 2.43 bits per heavy atom. The SMILES string of the molecule is O=C(Nc1ccc(OC[C@@H](O)CNCCc2ccc(Cl)c(Cl)c2)cc1)C(Cl)Cl. The van der Waals surface area contributed by atoms with E-state index < -0.39 is 16.8 Å². The lowest BCUT2D eigenvalue weighted by molar-refractivity contribution is -0.114. The summed E-state index contributed by atoms with van der Waals surface area (Å²) in [5, 5.41) is 16.8. The van der Waals surface area contributed by atoms with Crippen LogP contribution in [0.2, 0.25) is 10.0 Å². The minimum Gasteiger partial charge on any atom is -0.491 e. The molecular weight excluding hydrogens is 446 g/mol. The predicted octanol–water partition coefficient (Wildman–Crippen LogP) is 4.31. The van der Waals surface area contributed by atoms with Crippen molar-refractivity contribution in [3.63, 3.8) is 0 Å². The molecule has 0 spiro atoms. The van der Waals surface area contributed by atoms with Crippen LogP contribution in [-0.2, 0) is 11.2 Å². The third-order valence-electron chi connectivity index (χ3n) is 3.72. The third-order valence-corrected chi connectivity index (χ3v) is 4.85. The molecule has 0 fully saturated rings. The van der Waals surface area contributed by atoms with Gasteiger partial charge in [-0.3, -0.25) is 4.79 Å². The second-order valence-corrected chi connectivity index (χ2v) is 7.89. The number of ether oxygens (including phenoxy) is 1. The number of nitrogens with one attached hydrogen (secondary N) is 2. The quantitative estimate of drug-likeness (QED) is 0.361. The van der Waals surface area contributed by atoms with Crippen LogP contribution in [0.1, 0.15) is 5.56 Å². The van der Waals surface area contributed by atoms with Gasteiger partial charge in [0, 0.05) is 12.2 Å². The molecule has 9 heteroatoms. The van der Waals surface area contributed by atoms with E-state index in [4.69, 9.17) is 51.1 Å². The molecule has 152 valence electrons. The fourth-order valence-corrected chi connectivity index (χ4v) is 2.71. The Kier molecular flexibility index (Phi) is 9.65.